The van der Waals surface area contributed by atoms with Crippen LogP contribution >= 0.6 is 0 Å². The molecule has 1 saturated heterocycles. The van der Waals surface area contributed by atoms with Gasteiger partial charge in [-0.2, -0.15) is 0 Å². The zero-order valence-corrected chi connectivity index (χ0v) is 14.7. The Morgan fingerprint density at radius 3 is 2.56 bits per heavy atom. The molecule has 6 nitrogen and oxygen atoms in total. The van der Waals surface area contributed by atoms with Gasteiger partial charge in [-0.25, -0.2) is 9.07 Å². The van der Waals surface area contributed by atoms with E-state index < -0.39 is 0 Å². The molecular formula is C20H19FN4O2. The number of nitrogens with zero attached hydrogens (tertiary/aromatic N) is 4. The van der Waals surface area contributed by atoms with Crippen LogP contribution in [0.5, 0.6) is 0 Å². The van der Waals surface area contributed by atoms with Gasteiger partial charge in [-0.3, -0.25) is 9.59 Å². The smallest absolute Gasteiger partial charge is 0.277 e. The van der Waals surface area contributed by atoms with Gasteiger partial charge < -0.3 is 4.90 Å². The van der Waals surface area contributed by atoms with Gasteiger partial charge in [0.05, 0.1) is 17.8 Å². The molecule has 2 heterocycles. The molecule has 1 aliphatic rings. The summed E-state index contributed by atoms with van der Waals surface area (Å²) < 4.78 is 15.2. The molecule has 2 aromatic carbocycles. The van der Waals surface area contributed by atoms with Crippen molar-refractivity contribution in [2.75, 3.05) is 13.1 Å². The fourth-order valence-corrected chi connectivity index (χ4v) is 3.52. The molecule has 4 rings (SSSR count). The number of rotatable bonds is 3. The number of hydrogen-bond acceptors (Lipinski definition) is 4. The van der Waals surface area contributed by atoms with Crippen LogP contribution in [-0.2, 0) is 11.2 Å². The minimum atomic E-state index is -0.362. The first-order chi connectivity index (χ1) is 13.1. The summed E-state index contributed by atoms with van der Waals surface area (Å²) in [4.78, 5) is 26.9. The van der Waals surface area contributed by atoms with Crippen molar-refractivity contribution in [3.8, 4) is 0 Å². The maximum absolute atomic E-state index is 13.7. The van der Waals surface area contributed by atoms with Crippen LogP contribution in [0.4, 0.5) is 4.39 Å². The molecule has 0 bridgehead atoms. The summed E-state index contributed by atoms with van der Waals surface area (Å²) in [5, 5.41) is 8.75. The van der Waals surface area contributed by atoms with Crippen molar-refractivity contribution in [3.05, 3.63) is 70.3 Å². The van der Waals surface area contributed by atoms with E-state index >= 15 is 0 Å². The fraction of sp³-hybridized carbons (Fsp3) is 0.300. The summed E-state index contributed by atoms with van der Waals surface area (Å²) in [6.45, 7) is 1.03. The molecule has 7 heteroatoms. The maximum Gasteiger partial charge on any atom is 0.277 e. The Hall–Kier alpha value is -3.09. The average molecular weight is 366 g/mol. The summed E-state index contributed by atoms with van der Waals surface area (Å²) in [6, 6.07) is 13.4. The summed E-state index contributed by atoms with van der Waals surface area (Å²) in [7, 11) is 0. The van der Waals surface area contributed by atoms with Crippen LogP contribution in [-0.4, -0.2) is 38.9 Å². The van der Waals surface area contributed by atoms with Gasteiger partial charge in [0, 0.05) is 13.1 Å². The standard InChI is InChI=1S/C20H19FN4O2/c21-17-7-3-1-5-14(17)13-19(26)24-11-9-15(10-12-24)25-20(27)16-6-2-4-8-18(16)22-23-25/h1-8,15H,9-13H2. The van der Waals surface area contributed by atoms with Crippen molar-refractivity contribution in [1.82, 2.24) is 19.9 Å². The van der Waals surface area contributed by atoms with Crippen LogP contribution < -0.4 is 5.56 Å². The van der Waals surface area contributed by atoms with E-state index in [1.165, 1.54) is 10.7 Å². The second kappa shape index (κ2) is 7.26. The lowest BCUT2D eigenvalue weighted by Gasteiger charge is -2.32. The third kappa shape index (κ3) is 3.45. The van der Waals surface area contributed by atoms with Crippen molar-refractivity contribution in [2.24, 2.45) is 0 Å². The molecule has 1 aliphatic heterocycles. The van der Waals surface area contributed by atoms with E-state index in [4.69, 9.17) is 0 Å². The second-order valence-electron chi connectivity index (χ2n) is 6.74. The van der Waals surface area contributed by atoms with Crippen molar-refractivity contribution in [3.63, 3.8) is 0 Å². The van der Waals surface area contributed by atoms with E-state index in [1.807, 2.05) is 6.07 Å². The van der Waals surface area contributed by atoms with E-state index in [0.29, 0.717) is 42.4 Å². The summed E-state index contributed by atoms with van der Waals surface area (Å²) in [5.74, 6) is -0.464. The number of amides is 1. The van der Waals surface area contributed by atoms with Crippen molar-refractivity contribution >= 4 is 16.8 Å². The number of piperidine rings is 1. The molecule has 27 heavy (non-hydrogen) atoms. The Balaban J connectivity index is 1.45. The van der Waals surface area contributed by atoms with Gasteiger partial charge in [0.2, 0.25) is 5.91 Å². The molecule has 0 aliphatic carbocycles. The fourth-order valence-electron chi connectivity index (χ4n) is 3.52. The van der Waals surface area contributed by atoms with Crippen LogP contribution in [0.2, 0.25) is 0 Å². The van der Waals surface area contributed by atoms with Gasteiger partial charge in [0.1, 0.15) is 11.3 Å². The molecule has 0 radical (unpaired) electrons. The quantitative estimate of drug-likeness (QED) is 0.714. The lowest BCUT2D eigenvalue weighted by Crippen LogP contribution is -2.42. The van der Waals surface area contributed by atoms with Crippen LogP contribution in [0.25, 0.3) is 10.9 Å². The Morgan fingerprint density at radius 1 is 1.07 bits per heavy atom. The summed E-state index contributed by atoms with van der Waals surface area (Å²) in [5.41, 5.74) is 0.828. The Bertz CT molecular complexity index is 1040. The molecule has 0 atom stereocenters. The maximum atomic E-state index is 13.7. The van der Waals surface area contributed by atoms with E-state index in [1.54, 1.807) is 41.3 Å². The Labute approximate surface area is 155 Å². The summed E-state index contributed by atoms with van der Waals surface area (Å²) >= 11 is 0. The topological polar surface area (TPSA) is 68.1 Å². The van der Waals surface area contributed by atoms with Gasteiger partial charge in [0.25, 0.3) is 5.56 Å². The molecule has 1 aromatic heterocycles. The third-order valence-corrected chi connectivity index (χ3v) is 5.05. The first-order valence-electron chi connectivity index (χ1n) is 8.99. The zero-order chi connectivity index (χ0) is 18.8. The van der Waals surface area contributed by atoms with Crippen LogP contribution in [0.3, 0.4) is 0 Å². The van der Waals surface area contributed by atoms with Crippen molar-refractivity contribution in [1.29, 1.82) is 0 Å². The Kier molecular flexibility index (Phi) is 4.66. The van der Waals surface area contributed by atoms with Gasteiger partial charge in [-0.15, -0.1) is 5.10 Å². The molecule has 1 amide bonds. The highest BCUT2D eigenvalue weighted by atomic mass is 19.1. The third-order valence-electron chi connectivity index (χ3n) is 5.05. The largest absolute Gasteiger partial charge is 0.342 e. The lowest BCUT2D eigenvalue weighted by molar-refractivity contribution is -0.131. The van der Waals surface area contributed by atoms with Crippen LogP contribution in [0.1, 0.15) is 24.4 Å². The number of benzene rings is 2. The van der Waals surface area contributed by atoms with Crippen molar-refractivity contribution in [2.45, 2.75) is 25.3 Å². The van der Waals surface area contributed by atoms with E-state index in [-0.39, 0.29) is 29.7 Å². The number of halogens is 1. The molecular weight excluding hydrogens is 347 g/mol. The minimum absolute atomic E-state index is 0.0487. The number of likely N-dealkylation sites (tertiary alicyclic amines) is 1. The number of fused-ring (bicyclic) bond motifs is 1. The molecule has 138 valence electrons. The monoisotopic (exact) mass is 366 g/mol. The summed E-state index contributed by atoms with van der Waals surface area (Å²) in [6.07, 6.45) is 1.29. The number of carbonyl (C=O) groups excluding carboxylic acids is 1. The second-order valence-corrected chi connectivity index (χ2v) is 6.74. The number of carbonyl (C=O) groups is 1. The number of aromatic nitrogens is 3. The normalized spacial score (nSPS) is 15.2. The van der Waals surface area contributed by atoms with Crippen molar-refractivity contribution < 1.29 is 9.18 Å². The SMILES string of the molecule is O=C(Cc1ccccc1F)N1CCC(n2nnc3ccccc3c2=O)CC1. The highest BCUT2D eigenvalue weighted by molar-refractivity contribution is 5.79. The van der Waals surface area contributed by atoms with Gasteiger partial charge >= 0.3 is 0 Å². The molecule has 0 spiro atoms. The van der Waals surface area contributed by atoms with Gasteiger partial charge in [-0.05, 0) is 36.6 Å². The minimum Gasteiger partial charge on any atom is -0.342 e. The molecule has 1 fully saturated rings. The molecule has 0 saturated carbocycles. The van der Waals surface area contributed by atoms with Crippen LogP contribution in [0, 0.1) is 5.82 Å². The van der Waals surface area contributed by atoms with E-state index in [2.05, 4.69) is 10.3 Å². The van der Waals surface area contributed by atoms with Gasteiger partial charge in [-0.1, -0.05) is 35.5 Å². The first kappa shape index (κ1) is 17.3. The molecule has 0 unspecified atom stereocenters. The lowest BCUT2D eigenvalue weighted by atomic mass is 10.0. The molecule has 0 N–H and O–H groups in total. The predicted octanol–water partition coefficient (Wildman–Crippen LogP) is 2.34. The highest BCUT2D eigenvalue weighted by Crippen LogP contribution is 2.21. The van der Waals surface area contributed by atoms with Crippen LogP contribution in [0.15, 0.2) is 53.3 Å². The zero-order valence-electron chi connectivity index (χ0n) is 14.7. The van der Waals surface area contributed by atoms with Gasteiger partial charge in [0.15, 0.2) is 0 Å². The highest BCUT2D eigenvalue weighted by Gasteiger charge is 2.26. The predicted molar refractivity (Wildman–Crippen MR) is 98.8 cm³/mol. The van der Waals surface area contributed by atoms with E-state index in [9.17, 15) is 14.0 Å². The number of hydrogen-bond donors (Lipinski definition) is 0. The Morgan fingerprint density at radius 2 is 1.78 bits per heavy atom. The molecule has 3 aromatic rings. The average Bonchev–Trinajstić information content (AvgIpc) is 2.70. The first-order valence-corrected chi connectivity index (χ1v) is 8.99. The van der Waals surface area contributed by atoms with E-state index in [0.717, 1.165) is 0 Å².